The van der Waals surface area contributed by atoms with Gasteiger partial charge in [0.25, 0.3) is 0 Å². The van der Waals surface area contributed by atoms with E-state index in [-0.39, 0.29) is 11.9 Å². The normalized spacial score (nSPS) is 12.6. The van der Waals surface area contributed by atoms with Gasteiger partial charge in [0.15, 0.2) is 0 Å². The Kier molecular flexibility index (Phi) is 4.53. The lowest BCUT2D eigenvalue weighted by atomic mass is 10.1. The molecule has 4 heteroatoms. The molecule has 0 aliphatic carbocycles. The standard InChI is InChI=1S/C19H18N2OS/c1-14(15-8-4-3-5-9-15)21(2)19(22)13-12-18-20-16-10-6-7-11-17(16)23-18/h3-14H,1-2H3. The summed E-state index contributed by atoms with van der Waals surface area (Å²) in [5, 5.41) is 0.848. The Morgan fingerprint density at radius 2 is 1.83 bits per heavy atom. The maximum Gasteiger partial charge on any atom is 0.246 e. The molecule has 23 heavy (non-hydrogen) atoms. The zero-order chi connectivity index (χ0) is 16.2. The van der Waals surface area contributed by atoms with Crippen molar-refractivity contribution in [2.45, 2.75) is 13.0 Å². The lowest BCUT2D eigenvalue weighted by Gasteiger charge is -2.24. The molecule has 0 radical (unpaired) electrons. The highest BCUT2D eigenvalue weighted by atomic mass is 32.1. The van der Waals surface area contributed by atoms with Crippen LogP contribution in [0.5, 0.6) is 0 Å². The van der Waals surface area contributed by atoms with Crippen molar-refractivity contribution in [1.82, 2.24) is 9.88 Å². The number of nitrogens with zero attached hydrogens (tertiary/aromatic N) is 2. The fraction of sp³-hybridized carbons (Fsp3) is 0.158. The van der Waals surface area contributed by atoms with Gasteiger partial charge in [-0.25, -0.2) is 4.98 Å². The first-order valence-corrected chi connectivity index (χ1v) is 8.32. The van der Waals surface area contributed by atoms with E-state index >= 15 is 0 Å². The molecule has 1 atom stereocenters. The number of para-hydroxylation sites is 1. The Balaban J connectivity index is 1.72. The largest absolute Gasteiger partial charge is 0.335 e. The summed E-state index contributed by atoms with van der Waals surface area (Å²) in [6, 6.07) is 18.0. The van der Waals surface area contributed by atoms with Crippen LogP contribution in [0.3, 0.4) is 0 Å². The van der Waals surface area contributed by atoms with Crippen molar-refractivity contribution < 1.29 is 4.79 Å². The van der Waals surface area contributed by atoms with E-state index in [4.69, 9.17) is 0 Å². The Bertz CT molecular complexity index is 806. The van der Waals surface area contributed by atoms with E-state index in [0.717, 1.165) is 20.8 Å². The van der Waals surface area contributed by atoms with Gasteiger partial charge < -0.3 is 4.90 Å². The third-order valence-corrected chi connectivity index (χ3v) is 4.89. The lowest BCUT2D eigenvalue weighted by molar-refractivity contribution is -0.126. The second kappa shape index (κ2) is 6.75. The Hall–Kier alpha value is -2.46. The summed E-state index contributed by atoms with van der Waals surface area (Å²) in [5.74, 6) is -0.0272. The number of fused-ring (bicyclic) bond motifs is 1. The molecule has 0 spiro atoms. The topological polar surface area (TPSA) is 33.2 Å². The molecule has 0 saturated heterocycles. The van der Waals surface area contributed by atoms with Gasteiger partial charge >= 0.3 is 0 Å². The zero-order valence-corrected chi connectivity index (χ0v) is 14.0. The van der Waals surface area contributed by atoms with Crippen LogP contribution in [0.4, 0.5) is 0 Å². The molecule has 0 N–H and O–H groups in total. The monoisotopic (exact) mass is 322 g/mol. The smallest absolute Gasteiger partial charge is 0.246 e. The molecule has 0 aliphatic heterocycles. The minimum atomic E-state index is -0.0272. The minimum absolute atomic E-state index is 0.0272. The quantitative estimate of drug-likeness (QED) is 0.661. The molecule has 0 aliphatic rings. The minimum Gasteiger partial charge on any atom is -0.335 e. The van der Waals surface area contributed by atoms with Gasteiger partial charge in [-0.15, -0.1) is 11.3 Å². The molecule has 3 rings (SSSR count). The first kappa shape index (κ1) is 15.4. The maximum absolute atomic E-state index is 12.4. The maximum atomic E-state index is 12.4. The number of aromatic nitrogens is 1. The first-order valence-electron chi connectivity index (χ1n) is 7.50. The number of rotatable bonds is 4. The van der Waals surface area contributed by atoms with Gasteiger partial charge in [0.05, 0.1) is 16.3 Å². The van der Waals surface area contributed by atoms with Crippen LogP contribution in [0, 0.1) is 0 Å². The molecule has 0 saturated carbocycles. The van der Waals surface area contributed by atoms with Crippen LogP contribution < -0.4 is 0 Å². The summed E-state index contributed by atoms with van der Waals surface area (Å²) in [6.07, 6.45) is 3.39. The van der Waals surface area contributed by atoms with Crippen LogP contribution in [-0.2, 0) is 4.79 Å². The predicted octanol–water partition coefficient (Wildman–Crippen LogP) is 4.53. The molecule has 1 aromatic heterocycles. The van der Waals surface area contributed by atoms with Gasteiger partial charge in [0.1, 0.15) is 5.01 Å². The van der Waals surface area contributed by atoms with E-state index in [9.17, 15) is 4.79 Å². The molecule has 3 aromatic rings. The number of carbonyl (C=O) groups excluding carboxylic acids is 1. The summed E-state index contributed by atoms with van der Waals surface area (Å²) in [7, 11) is 1.82. The van der Waals surface area contributed by atoms with Crippen molar-refractivity contribution in [3.05, 3.63) is 71.2 Å². The van der Waals surface area contributed by atoms with Crippen LogP contribution in [0.1, 0.15) is 23.5 Å². The van der Waals surface area contributed by atoms with Crippen molar-refractivity contribution in [3.63, 3.8) is 0 Å². The van der Waals surface area contributed by atoms with E-state index in [2.05, 4.69) is 4.98 Å². The predicted molar refractivity (Wildman–Crippen MR) is 96.3 cm³/mol. The zero-order valence-electron chi connectivity index (χ0n) is 13.1. The fourth-order valence-electron chi connectivity index (χ4n) is 2.37. The number of hydrogen-bond acceptors (Lipinski definition) is 3. The molecule has 116 valence electrons. The summed E-state index contributed by atoms with van der Waals surface area (Å²) in [5.41, 5.74) is 2.09. The third-order valence-electron chi connectivity index (χ3n) is 3.89. The SMILES string of the molecule is CC(c1ccccc1)N(C)C(=O)C=Cc1nc2ccccc2s1. The van der Waals surface area contributed by atoms with Gasteiger partial charge in [-0.05, 0) is 30.7 Å². The first-order chi connectivity index (χ1) is 11.1. The highest BCUT2D eigenvalue weighted by Crippen LogP contribution is 2.23. The number of likely N-dealkylation sites (N-methyl/N-ethyl adjacent to an activating group) is 1. The summed E-state index contributed by atoms with van der Waals surface area (Å²) < 4.78 is 1.13. The van der Waals surface area contributed by atoms with Crippen molar-refractivity contribution in [2.75, 3.05) is 7.05 Å². The Morgan fingerprint density at radius 1 is 1.13 bits per heavy atom. The van der Waals surface area contributed by atoms with E-state index in [0.29, 0.717) is 0 Å². The molecule has 3 nitrogen and oxygen atoms in total. The average Bonchev–Trinajstić information content (AvgIpc) is 3.02. The summed E-state index contributed by atoms with van der Waals surface area (Å²) in [6.45, 7) is 2.03. The van der Waals surface area contributed by atoms with Gasteiger partial charge in [0, 0.05) is 13.1 Å². The molecule has 1 unspecified atom stereocenters. The third kappa shape index (κ3) is 3.48. The number of benzene rings is 2. The van der Waals surface area contributed by atoms with Gasteiger partial charge in [0.2, 0.25) is 5.91 Å². The van der Waals surface area contributed by atoms with E-state index in [1.807, 2.05) is 68.6 Å². The summed E-state index contributed by atoms with van der Waals surface area (Å²) >= 11 is 1.59. The molecule has 2 aromatic carbocycles. The van der Waals surface area contributed by atoms with Gasteiger partial charge in [-0.3, -0.25) is 4.79 Å². The van der Waals surface area contributed by atoms with E-state index in [1.54, 1.807) is 28.4 Å². The lowest BCUT2D eigenvalue weighted by Crippen LogP contribution is -2.27. The summed E-state index contributed by atoms with van der Waals surface area (Å²) in [4.78, 5) is 18.6. The molecule has 1 amide bonds. The van der Waals surface area contributed by atoms with Crippen LogP contribution in [0.25, 0.3) is 16.3 Å². The Labute approximate surface area is 139 Å². The number of hydrogen-bond donors (Lipinski definition) is 0. The van der Waals surface area contributed by atoms with Gasteiger partial charge in [-0.2, -0.15) is 0 Å². The number of carbonyl (C=O) groups is 1. The number of amides is 1. The van der Waals surface area contributed by atoms with Crippen LogP contribution >= 0.6 is 11.3 Å². The second-order valence-electron chi connectivity index (χ2n) is 5.39. The Morgan fingerprint density at radius 3 is 2.57 bits per heavy atom. The van der Waals surface area contributed by atoms with Crippen molar-refractivity contribution in [1.29, 1.82) is 0 Å². The molecule has 0 fully saturated rings. The van der Waals surface area contributed by atoms with Crippen molar-refractivity contribution >= 4 is 33.5 Å². The van der Waals surface area contributed by atoms with Crippen molar-refractivity contribution in [3.8, 4) is 0 Å². The number of thiazole rings is 1. The molecule has 0 bridgehead atoms. The van der Waals surface area contributed by atoms with E-state index in [1.165, 1.54) is 0 Å². The van der Waals surface area contributed by atoms with E-state index < -0.39 is 0 Å². The fourth-order valence-corrected chi connectivity index (χ4v) is 3.24. The highest BCUT2D eigenvalue weighted by Gasteiger charge is 2.15. The molecular formula is C19H18N2OS. The van der Waals surface area contributed by atoms with Crippen LogP contribution in [0.2, 0.25) is 0 Å². The van der Waals surface area contributed by atoms with Crippen LogP contribution in [0.15, 0.2) is 60.7 Å². The van der Waals surface area contributed by atoms with Gasteiger partial charge in [-0.1, -0.05) is 42.5 Å². The molecule has 1 heterocycles. The molecular weight excluding hydrogens is 304 g/mol. The van der Waals surface area contributed by atoms with Crippen molar-refractivity contribution in [2.24, 2.45) is 0 Å². The van der Waals surface area contributed by atoms with Crippen LogP contribution in [-0.4, -0.2) is 22.8 Å². The second-order valence-corrected chi connectivity index (χ2v) is 6.45. The highest BCUT2D eigenvalue weighted by molar-refractivity contribution is 7.19. The average molecular weight is 322 g/mol.